The van der Waals surface area contributed by atoms with Gasteiger partial charge in [0.2, 0.25) is 5.67 Å². The molecule has 1 saturated carbocycles. The van der Waals surface area contributed by atoms with Crippen LogP contribution < -0.4 is 0 Å². The molecular formula is C7H6F8O. The fraction of sp³-hybridized carbons (Fsp3) is 1.00. The molecule has 1 rings (SSSR count). The number of hydrogen-bond acceptors (Lipinski definition) is 1. The first-order valence-electron chi connectivity index (χ1n) is 3.87. The summed E-state index contributed by atoms with van der Waals surface area (Å²) in [5.41, 5.74) is -10.1. The monoisotopic (exact) mass is 258 g/mol. The molecule has 0 heterocycles. The Hall–Kier alpha value is -0.600. The Bertz CT molecular complexity index is 292. The zero-order chi connectivity index (χ0) is 13.2. The molecule has 1 nitrogen and oxygen atoms in total. The minimum absolute atomic E-state index is 0.101. The average molecular weight is 258 g/mol. The van der Waals surface area contributed by atoms with Crippen LogP contribution in [0.4, 0.5) is 35.1 Å². The van der Waals surface area contributed by atoms with Crippen molar-refractivity contribution in [3.63, 3.8) is 0 Å². The van der Waals surface area contributed by atoms with Gasteiger partial charge in [0, 0.05) is 7.11 Å². The summed E-state index contributed by atoms with van der Waals surface area (Å²) in [6.07, 6.45) is -5.37. The summed E-state index contributed by atoms with van der Waals surface area (Å²) >= 11 is 0. The van der Waals surface area contributed by atoms with Gasteiger partial charge in [-0.3, -0.25) is 0 Å². The lowest BCUT2D eigenvalue weighted by Gasteiger charge is -2.58. The summed E-state index contributed by atoms with van der Waals surface area (Å²) in [4.78, 5) is 0. The van der Waals surface area contributed by atoms with E-state index < -0.39 is 29.3 Å². The molecule has 0 spiro atoms. The lowest BCUT2D eigenvalue weighted by Crippen LogP contribution is -2.89. The Balaban J connectivity index is 3.37. The fourth-order valence-electron chi connectivity index (χ4n) is 1.56. The van der Waals surface area contributed by atoms with E-state index in [0.717, 1.165) is 0 Å². The maximum atomic E-state index is 13.3. The molecule has 2 atom stereocenters. The van der Waals surface area contributed by atoms with Crippen LogP contribution >= 0.6 is 0 Å². The Kier molecular flexibility index (Phi) is 2.35. The van der Waals surface area contributed by atoms with Gasteiger partial charge >= 0.3 is 23.6 Å². The topological polar surface area (TPSA) is 9.23 Å². The summed E-state index contributed by atoms with van der Waals surface area (Å²) in [6.45, 7) is -0.364. The minimum atomic E-state index is -5.86. The highest BCUT2D eigenvalue weighted by Crippen LogP contribution is 2.71. The third-order valence-corrected chi connectivity index (χ3v) is 2.72. The van der Waals surface area contributed by atoms with Crippen LogP contribution in [0.2, 0.25) is 0 Å². The van der Waals surface area contributed by atoms with E-state index in [-0.39, 0.29) is 14.0 Å². The first kappa shape index (κ1) is 13.5. The molecule has 1 aliphatic carbocycles. The standard InChI is InChI=1S/C7H6F8O/c1-3(8)4(9,7(14,15)16-2)6(12,13)5(3,10)11/h1-2H3. The van der Waals surface area contributed by atoms with E-state index in [1.807, 2.05) is 0 Å². The van der Waals surface area contributed by atoms with Gasteiger partial charge in [0.05, 0.1) is 0 Å². The van der Waals surface area contributed by atoms with E-state index in [2.05, 4.69) is 4.74 Å². The van der Waals surface area contributed by atoms with Crippen molar-refractivity contribution >= 4 is 0 Å². The maximum absolute atomic E-state index is 13.3. The van der Waals surface area contributed by atoms with Crippen LogP contribution in [0.25, 0.3) is 0 Å². The predicted octanol–water partition coefficient (Wildman–Crippen LogP) is 2.95. The van der Waals surface area contributed by atoms with Gasteiger partial charge in [-0.15, -0.1) is 0 Å². The molecule has 2 unspecified atom stereocenters. The maximum Gasteiger partial charge on any atom is 0.399 e. The Morgan fingerprint density at radius 3 is 1.50 bits per heavy atom. The smallest absolute Gasteiger partial charge is 0.321 e. The van der Waals surface area contributed by atoms with E-state index in [1.165, 1.54) is 0 Å². The van der Waals surface area contributed by atoms with Gasteiger partial charge < -0.3 is 4.74 Å². The molecule has 0 aromatic carbocycles. The van der Waals surface area contributed by atoms with Gasteiger partial charge in [0.25, 0.3) is 0 Å². The van der Waals surface area contributed by atoms with Gasteiger partial charge in [-0.25, -0.2) is 8.78 Å². The van der Waals surface area contributed by atoms with Crippen LogP contribution in [-0.4, -0.2) is 36.4 Å². The zero-order valence-electron chi connectivity index (χ0n) is 7.93. The number of methoxy groups -OCH3 is 1. The molecule has 0 aromatic rings. The Labute approximate surface area is 84.4 Å². The van der Waals surface area contributed by atoms with Crippen molar-refractivity contribution in [1.82, 2.24) is 0 Å². The minimum Gasteiger partial charge on any atom is -0.321 e. The molecule has 0 bridgehead atoms. The lowest BCUT2D eigenvalue weighted by atomic mass is 9.61. The molecule has 0 amide bonds. The largest absolute Gasteiger partial charge is 0.399 e. The molecule has 1 fully saturated rings. The molecular weight excluding hydrogens is 252 g/mol. The van der Waals surface area contributed by atoms with Gasteiger partial charge in [-0.05, 0) is 6.92 Å². The van der Waals surface area contributed by atoms with Gasteiger partial charge in [0.1, 0.15) is 0 Å². The Morgan fingerprint density at radius 2 is 1.25 bits per heavy atom. The number of hydrogen-bond donors (Lipinski definition) is 0. The highest BCUT2D eigenvalue weighted by atomic mass is 19.3. The molecule has 0 saturated heterocycles. The second-order valence-electron chi connectivity index (χ2n) is 3.53. The number of alkyl halides is 8. The van der Waals surface area contributed by atoms with Crippen LogP contribution in [0.5, 0.6) is 0 Å². The first-order valence-corrected chi connectivity index (χ1v) is 3.87. The molecule has 9 heteroatoms. The van der Waals surface area contributed by atoms with Gasteiger partial charge in [-0.2, -0.15) is 26.3 Å². The lowest BCUT2D eigenvalue weighted by molar-refractivity contribution is -0.500. The van der Waals surface area contributed by atoms with E-state index in [1.54, 1.807) is 0 Å². The van der Waals surface area contributed by atoms with Crippen molar-refractivity contribution < 1.29 is 39.9 Å². The molecule has 96 valence electrons. The summed E-state index contributed by atoms with van der Waals surface area (Å²) in [7, 11) is 0.101. The van der Waals surface area contributed by atoms with Gasteiger partial charge in [-0.1, -0.05) is 0 Å². The van der Waals surface area contributed by atoms with Crippen molar-refractivity contribution in [3.8, 4) is 0 Å². The molecule has 16 heavy (non-hydrogen) atoms. The van der Waals surface area contributed by atoms with Crippen molar-refractivity contribution in [2.24, 2.45) is 0 Å². The summed E-state index contributed by atoms with van der Waals surface area (Å²) < 4.78 is 105. The Morgan fingerprint density at radius 1 is 0.875 bits per heavy atom. The quantitative estimate of drug-likeness (QED) is 0.692. The number of halogens is 8. The van der Waals surface area contributed by atoms with E-state index in [0.29, 0.717) is 0 Å². The normalized spacial score (nSPS) is 41.6. The van der Waals surface area contributed by atoms with E-state index in [4.69, 9.17) is 0 Å². The number of ether oxygens (including phenoxy) is 1. The van der Waals surface area contributed by atoms with Crippen molar-refractivity contribution in [3.05, 3.63) is 0 Å². The zero-order valence-corrected chi connectivity index (χ0v) is 7.93. The van der Waals surface area contributed by atoms with Crippen molar-refractivity contribution in [2.75, 3.05) is 7.11 Å². The van der Waals surface area contributed by atoms with Crippen LogP contribution in [0.3, 0.4) is 0 Å². The van der Waals surface area contributed by atoms with Crippen molar-refractivity contribution in [2.45, 2.75) is 36.2 Å². The SMILES string of the molecule is COC(F)(F)C1(F)C(C)(F)C(F)(F)C1(F)F. The van der Waals surface area contributed by atoms with Crippen LogP contribution in [0.1, 0.15) is 6.92 Å². The predicted molar refractivity (Wildman–Crippen MR) is 35.2 cm³/mol. The van der Waals surface area contributed by atoms with Crippen LogP contribution in [0, 0.1) is 0 Å². The van der Waals surface area contributed by atoms with Crippen LogP contribution in [-0.2, 0) is 4.74 Å². The number of rotatable bonds is 2. The fourth-order valence-corrected chi connectivity index (χ4v) is 1.56. The summed E-state index contributed by atoms with van der Waals surface area (Å²) in [6, 6.07) is 0. The van der Waals surface area contributed by atoms with E-state index in [9.17, 15) is 35.1 Å². The molecule has 0 aliphatic heterocycles. The van der Waals surface area contributed by atoms with E-state index >= 15 is 0 Å². The summed E-state index contributed by atoms with van der Waals surface area (Å²) in [5.74, 6) is -11.4. The van der Waals surface area contributed by atoms with Crippen molar-refractivity contribution in [1.29, 1.82) is 0 Å². The highest BCUT2D eigenvalue weighted by molar-refractivity contribution is 5.32. The second kappa shape index (κ2) is 2.80. The molecule has 0 radical (unpaired) electrons. The third kappa shape index (κ3) is 0.917. The van der Waals surface area contributed by atoms with Crippen LogP contribution in [0.15, 0.2) is 0 Å². The molecule has 0 N–H and O–H groups in total. The summed E-state index contributed by atoms with van der Waals surface area (Å²) in [5, 5.41) is 0. The third-order valence-electron chi connectivity index (χ3n) is 2.72. The molecule has 1 aliphatic rings. The van der Waals surface area contributed by atoms with Gasteiger partial charge in [0.15, 0.2) is 0 Å². The highest BCUT2D eigenvalue weighted by Gasteiger charge is 3.02. The second-order valence-corrected chi connectivity index (χ2v) is 3.53. The average Bonchev–Trinajstić information content (AvgIpc) is 2.14. The molecule has 0 aromatic heterocycles. The first-order chi connectivity index (χ1) is 6.81.